The number of rotatable bonds is 5. The first-order valence-corrected chi connectivity index (χ1v) is 8.56. The molecule has 0 atom stereocenters. The molecule has 2 aromatic rings. The molecule has 0 aliphatic carbocycles. The maximum absolute atomic E-state index is 11.6. The van der Waals surface area contributed by atoms with E-state index in [0.29, 0.717) is 6.61 Å². The van der Waals surface area contributed by atoms with Gasteiger partial charge in [-0.05, 0) is 49.4 Å². The Kier molecular flexibility index (Phi) is 5.88. The van der Waals surface area contributed by atoms with E-state index in [1.165, 1.54) is 5.56 Å². The normalized spacial score (nSPS) is 10.2. The lowest BCUT2D eigenvalue weighted by Crippen LogP contribution is -2.08. The van der Waals surface area contributed by atoms with Crippen molar-refractivity contribution in [2.75, 3.05) is 11.6 Å². The molecule has 2 aromatic carbocycles. The van der Waals surface area contributed by atoms with Crippen LogP contribution < -0.4 is 10.1 Å². The first kappa shape index (κ1) is 17.2. The van der Waals surface area contributed by atoms with Gasteiger partial charge in [-0.15, -0.1) is 0 Å². The van der Waals surface area contributed by atoms with Crippen molar-refractivity contribution in [1.82, 2.24) is 0 Å². The highest BCUT2D eigenvalue weighted by Gasteiger charge is 2.08. The van der Waals surface area contributed by atoms with Crippen LogP contribution in [-0.4, -0.2) is 11.5 Å². The highest BCUT2D eigenvalue weighted by atomic mass is 32.2. The molecule has 0 aliphatic rings. The molecule has 0 unspecified atom stereocenters. The van der Waals surface area contributed by atoms with E-state index < -0.39 is 0 Å². The summed E-state index contributed by atoms with van der Waals surface area (Å²) in [7, 11) is 0. The molecule has 0 saturated carbocycles. The van der Waals surface area contributed by atoms with E-state index in [1.54, 1.807) is 12.3 Å². The number of carbonyl (C=O) groups excluding carboxylic acids is 1. The Labute approximate surface area is 141 Å². The van der Waals surface area contributed by atoms with E-state index in [9.17, 15) is 4.79 Å². The van der Waals surface area contributed by atoms with Crippen molar-refractivity contribution in [3.8, 4) is 5.75 Å². The molecule has 4 heteroatoms. The molecule has 0 aliphatic heterocycles. The lowest BCUT2D eigenvalue weighted by atomic mass is 10.1. The molecule has 0 heterocycles. The number of amides is 1. The first-order valence-electron chi connectivity index (χ1n) is 7.34. The Balaban J connectivity index is 2.22. The third-order valence-corrected chi connectivity index (χ3v) is 3.97. The fraction of sp³-hybridized carbons (Fsp3) is 0.211. The highest BCUT2D eigenvalue weighted by molar-refractivity contribution is 8.13. The van der Waals surface area contributed by atoms with E-state index in [2.05, 4.69) is 24.9 Å². The lowest BCUT2D eigenvalue weighted by Gasteiger charge is -2.14. The number of carbonyl (C=O) groups is 1. The van der Waals surface area contributed by atoms with Gasteiger partial charge in [0.05, 0.1) is 0 Å². The molecule has 3 nitrogen and oxygen atoms in total. The summed E-state index contributed by atoms with van der Waals surface area (Å²) in [5, 5.41) is 2.79. The molecule has 1 amide bonds. The maximum atomic E-state index is 11.6. The zero-order chi connectivity index (χ0) is 16.8. The first-order chi connectivity index (χ1) is 11.0. The van der Waals surface area contributed by atoms with Crippen LogP contribution in [-0.2, 0) is 6.61 Å². The molecule has 0 saturated heterocycles. The molecule has 0 bridgehead atoms. The van der Waals surface area contributed by atoms with Crippen LogP contribution >= 0.6 is 11.8 Å². The minimum Gasteiger partial charge on any atom is -0.489 e. The van der Waals surface area contributed by atoms with Crippen molar-refractivity contribution in [3.05, 3.63) is 65.2 Å². The summed E-state index contributed by atoms with van der Waals surface area (Å²) in [6.07, 6.45) is 3.53. The van der Waals surface area contributed by atoms with Crippen LogP contribution in [0.4, 0.5) is 10.5 Å². The predicted octanol–water partition coefficient (Wildman–Crippen LogP) is 5.42. The van der Waals surface area contributed by atoms with Gasteiger partial charge >= 0.3 is 0 Å². The van der Waals surface area contributed by atoms with Crippen molar-refractivity contribution >= 4 is 28.8 Å². The van der Waals surface area contributed by atoms with E-state index in [4.69, 9.17) is 4.74 Å². The number of thioether (sulfide) groups is 1. The second-order valence-electron chi connectivity index (χ2n) is 5.29. The fourth-order valence-electron chi connectivity index (χ4n) is 2.26. The van der Waals surface area contributed by atoms with Crippen LogP contribution in [0.5, 0.6) is 5.75 Å². The molecule has 120 valence electrons. The Bertz CT molecular complexity index is 725. The SMILES string of the molecule is C=Cc1ccc(NC(=O)SC)c(COc2ccc(C)cc2C)c1. The van der Waals surface area contributed by atoms with Gasteiger partial charge in [-0.2, -0.15) is 0 Å². The van der Waals surface area contributed by atoms with Gasteiger partial charge < -0.3 is 10.1 Å². The lowest BCUT2D eigenvalue weighted by molar-refractivity contribution is 0.269. The van der Waals surface area contributed by atoms with Crippen LogP contribution in [0.2, 0.25) is 0 Å². The summed E-state index contributed by atoms with van der Waals surface area (Å²) in [6.45, 7) is 8.26. The molecule has 2 rings (SSSR count). The quantitative estimate of drug-likeness (QED) is 0.797. The summed E-state index contributed by atoms with van der Waals surface area (Å²) >= 11 is 1.15. The Morgan fingerprint density at radius 3 is 2.70 bits per heavy atom. The summed E-state index contributed by atoms with van der Waals surface area (Å²) in [4.78, 5) is 11.6. The number of anilines is 1. The van der Waals surface area contributed by atoms with E-state index in [-0.39, 0.29) is 5.24 Å². The van der Waals surface area contributed by atoms with Gasteiger partial charge in [-0.25, -0.2) is 0 Å². The number of aryl methyl sites for hydroxylation is 2. The second-order valence-corrected chi connectivity index (χ2v) is 6.07. The van der Waals surface area contributed by atoms with Crippen molar-refractivity contribution in [2.24, 2.45) is 0 Å². The number of hydrogen-bond donors (Lipinski definition) is 1. The van der Waals surface area contributed by atoms with Gasteiger partial charge in [0.25, 0.3) is 5.24 Å². The smallest absolute Gasteiger partial charge is 0.283 e. The van der Waals surface area contributed by atoms with E-state index in [1.807, 2.05) is 37.3 Å². The van der Waals surface area contributed by atoms with Crippen molar-refractivity contribution < 1.29 is 9.53 Å². The largest absolute Gasteiger partial charge is 0.489 e. The van der Waals surface area contributed by atoms with Gasteiger partial charge in [0.1, 0.15) is 12.4 Å². The molecule has 0 fully saturated rings. The van der Waals surface area contributed by atoms with Crippen LogP contribution in [0.15, 0.2) is 43.0 Å². The molecular weight excluding hydrogens is 306 g/mol. The standard InChI is InChI=1S/C19H21NO2S/c1-5-15-7-8-17(20-19(21)23-4)16(11-15)12-22-18-9-6-13(2)10-14(18)3/h5-11H,1,12H2,2-4H3,(H,20,21). The predicted molar refractivity (Wildman–Crippen MR) is 99.3 cm³/mol. The third kappa shape index (κ3) is 4.63. The molecular formula is C19H21NO2S. The average molecular weight is 327 g/mol. The van der Waals surface area contributed by atoms with Gasteiger partial charge in [-0.3, -0.25) is 4.79 Å². The number of benzene rings is 2. The zero-order valence-electron chi connectivity index (χ0n) is 13.7. The van der Waals surface area contributed by atoms with Gasteiger partial charge in [0.15, 0.2) is 0 Å². The molecule has 0 spiro atoms. The minimum absolute atomic E-state index is 0.0934. The number of ether oxygens (including phenoxy) is 1. The zero-order valence-corrected chi connectivity index (χ0v) is 14.5. The van der Waals surface area contributed by atoms with Crippen LogP contribution in [0.3, 0.4) is 0 Å². The van der Waals surface area contributed by atoms with Gasteiger partial charge in [-0.1, -0.05) is 48.2 Å². The van der Waals surface area contributed by atoms with Crippen LogP contribution in [0, 0.1) is 13.8 Å². The van der Waals surface area contributed by atoms with E-state index >= 15 is 0 Å². The number of nitrogens with one attached hydrogen (secondary N) is 1. The highest BCUT2D eigenvalue weighted by Crippen LogP contribution is 2.24. The average Bonchev–Trinajstić information content (AvgIpc) is 2.55. The fourth-order valence-corrected chi connectivity index (χ4v) is 2.47. The third-order valence-electron chi connectivity index (χ3n) is 3.50. The van der Waals surface area contributed by atoms with Gasteiger partial charge in [0.2, 0.25) is 0 Å². The monoisotopic (exact) mass is 327 g/mol. The summed E-state index contributed by atoms with van der Waals surface area (Å²) < 4.78 is 5.94. The number of hydrogen-bond acceptors (Lipinski definition) is 3. The van der Waals surface area contributed by atoms with Crippen LogP contribution in [0.1, 0.15) is 22.3 Å². The molecule has 0 radical (unpaired) electrons. The second kappa shape index (κ2) is 7.88. The summed E-state index contributed by atoms with van der Waals surface area (Å²) in [5.74, 6) is 0.849. The maximum Gasteiger partial charge on any atom is 0.283 e. The van der Waals surface area contributed by atoms with Gasteiger partial charge in [0, 0.05) is 11.3 Å². The molecule has 23 heavy (non-hydrogen) atoms. The van der Waals surface area contributed by atoms with Crippen molar-refractivity contribution in [3.63, 3.8) is 0 Å². The topological polar surface area (TPSA) is 38.3 Å². The Hall–Kier alpha value is -2.20. The van der Waals surface area contributed by atoms with E-state index in [0.717, 1.165) is 39.9 Å². The summed E-state index contributed by atoms with van der Waals surface area (Å²) in [5.41, 5.74) is 4.98. The Morgan fingerprint density at radius 1 is 1.26 bits per heavy atom. The Morgan fingerprint density at radius 2 is 2.04 bits per heavy atom. The van der Waals surface area contributed by atoms with Crippen molar-refractivity contribution in [1.29, 1.82) is 0 Å². The molecule has 0 aromatic heterocycles. The molecule has 1 N–H and O–H groups in total. The summed E-state index contributed by atoms with van der Waals surface area (Å²) in [6, 6.07) is 11.9. The minimum atomic E-state index is -0.0934. The van der Waals surface area contributed by atoms with Crippen molar-refractivity contribution in [2.45, 2.75) is 20.5 Å². The van der Waals surface area contributed by atoms with Crippen LogP contribution in [0.25, 0.3) is 6.08 Å².